The number of rotatable bonds is 5. The van der Waals surface area contributed by atoms with Gasteiger partial charge in [-0.3, -0.25) is 0 Å². The molecule has 3 rings (SSSR count). The molecule has 0 unspecified atom stereocenters. The highest BCUT2D eigenvalue weighted by Crippen LogP contribution is 2.11. The summed E-state index contributed by atoms with van der Waals surface area (Å²) in [7, 11) is 0. The van der Waals surface area contributed by atoms with Gasteiger partial charge in [0.25, 0.3) is 0 Å². The van der Waals surface area contributed by atoms with Crippen LogP contribution in [0, 0.1) is 0 Å². The van der Waals surface area contributed by atoms with Gasteiger partial charge in [-0.05, 0) is 24.8 Å². The smallest absolute Gasteiger partial charge is 0.412 e. The number of hydrogen-bond donors (Lipinski definition) is 2. The van der Waals surface area contributed by atoms with Crippen LogP contribution >= 0.6 is 0 Å². The SMILES string of the molecule is O=C(NCCCCc1ccccc1)n1c2c(oc1=O)CCNC2. The highest BCUT2D eigenvalue weighted by atomic mass is 16.4. The van der Waals surface area contributed by atoms with Crippen molar-refractivity contribution in [3.05, 3.63) is 57.9 Å². The first-order valence-electron chi connectivity index (χ1n) is 8.02. The number of hydrogen-bond acceptors (Lipinski definition) is 4. The Balaban J connectivity index is 1.48. The third-order valence-electron chi connectivity index (χ3n) is 4.02. The summed E-state index contributed by atoms with van der Waals surface area (Å²) in [6.07, 6.45) is 3.49. The van der Waals surface area contributed by atoms with Crippen LogP contribution in [0.5, 0.6) is 0 Å². The van der Waals surface area contributed by atoms with Gasteiger partial charge in [-0.15, -0.1) is 0 Å². The van der Waals surface area contributed by atoms with Crippen LogP contribution < -0.4 is 16.4 Å². The second-order valence-corrected chi connectivity index (χ2v) is 5.67. The van der Waals surface area contributed by atoms with Gasteiger partial charge in [-0.1, -0.05) is 30.3 Å². The minimum atomic E-state index is -0.597. The molecule has 1 aliphatic heterocycles. The number of nitrogens with one attached hydrogen (secondary N) is 2. The van der Waals surface area contributed by atoms with Crippen LogP contribution in [0.1, 0.15) is 29.9 Å². The fourth-order valence-corrected chi connectivity index (χ4v) is 2.81. The van der Waals surface area contributed by atoms with Crippen LogP contribution in [-0.4, -0.2) is 23.7 Å². The minimum Gasteiger partial charge on any atom is -0.412 e. The Morgan fingerprint density at radius 3 is 2.91 bits per heavy atom. The molecule has 1 aromatic heterocycles. The van der Waals surface area contributed by atoms with E-state index in [1.807, 2.05) is 18.2 Å². The Kier molecular flexibility index (Phi) is 4.92. The molecule has 0 radical (unpaired) electrons. The topological polar surface area (TPSA) is 76.3 Å². The zero-order valence-electron chi connectivity index (χ0n) is 13.0. The van der Waals surface area contributed by atoms with Gasteiger partial charge >= 0.3 is 11.8 Å². The summed E-state index contributed by atoms with van der Waals surface area (Å²) < 4.78 is 6.26. The molecule has 0 saturated heterocycles. The maximum atomic E-state index is 12.2. The van der Waals surface area contributed by atoms with Gasteiger partial charge in [0.05, 0.1) is 5.69 Å². The van der Waals surface area contributed by atoms with E-state index in [1.165, 1.54) is 5.56 Å². The second-order valence-electron chi connectivity index (χ2n) is 5.67. The van der Waals surface area contributed by atoms with Gasteiger partial charge in [0.1, 0.15) is 5.76 Å². The molecule has 0 spiro atoms. The Labute approximate surface area is 134 Å². The summed E-state index contributed by atoms with van der Waals surface area (Å²) in [5.41, 5.74) is 1.94. The standard InChI is InChI=1S/C17H21N3O3/c21-16(19-10-5-4-8-13-6-2-1-3-7-13)20-14-12-18-11-9-15(14)23-17(20)22/h1-3,6-7,18H,4-5,8-12H2,(H,19,21). The number of aromatic nitrogens is 1. The van der Waals surface area contributed by atoms with E-state index in [2.05, 4.69) is 22.8 Å². The van der Waals surface area contributed by atoms with E-state index in [4.69, 9.17) is 4.42 Å². The number of nitrogens with zero attached hydrogens (tertiary/aromatic N) is 1. The first-order valence-corrected chi connectivity index (χ1v) is 8.02. The van der Waals surface area contributed by atoms with Gasteiger partial charge in [-0.2, -0.15) is 4.57 Å². The summed E-state index contributed by atoms with van der Waals surface area (Å²) in [4.78, 5) is 24.0. The monoisotopic (exact) mass is 315 g/mol. The van der Waals surface area contributed by atoms with E-state index in [0.29, 0.717) is 31.0 Å². The molecule has 0 aliphatic carbocycles. The zero-order valence-corrected chi connectivity index (χ0v) is 13.0. The highest BCUT2D eigenvalue weighted by molar-refractivity contribution is 5.77. The maximum absolute atomic E-state index is 12.2. The molecule has 0 atom stereocenters. The van der Waals surface area contributed by atoms with Gasteiger partial charge in [0.15, 0.2) is 0 Å². The molecule has 2 aromatic rings. The van der Waals surface area contributed by atoms with Crippen molar-refractivity contribution in [2.24, 2.45) is 0 Å². The third-order valence-corrected chi connectivity index (χ3v) is 4.02. The Hall–Kier alpha value is -2.34. The molecule has 2 heterocycles. The molecule has 0 bridgehead atoms. The highest BCUT2D eigenvalue weighted by Gasteiger charge is 2.23. The van der Waals surface area contributed by atoms with Crippen molar-refractivity contribution >= 4 is 6.03 Å². The van der Waals surface area contributed by atoms with Gasteiger partial charge < -0.3 is 15.1 Å². The predicted molar refractivity (Wildman–Crippen MR) is 86.6 cm³/mol. The van der Waals surface area contributed by atoms with Crippen LogP contribution in [0.15, 0.2) is 39.5 Å². The Morgan fingerprint density at radius 2 is 2.09 bits per heavy atom. The molecule has 6 nitrogen and oxygen atoms in total. The van der Waals surface area contributed by atoms with Crippen molar-refractivity contribution in [3.63, 3.8) is 0 Å². The van der Waals surface area contributed by atoms with Crippen molar-refractivity contribution in [2.75, 3.05) is 13.1 Å². The van der Waals surface area contributed by atoms with Crippen molar-refractivity contribution in [3.8, 4) is 0 Å². The van der Waals surface area contributed by atoms with Crippen molar-refractivity contribution in [1.29, 1.82) is 0 Å². The molecule has 0 fully saturated rings. The predicted octanol–water partition coefficient (Wildman–Crippen LogP) is 1.67. The minimum absolute atomic E-state index is 0.400. The summed E-state index contributed by atoms with van der Waals surface area (Å²) in [5.74, 6) is 0.0217. The van der Waals surface area contributed by atoms with E-state index in [0.717, 1.165) is 30.4 Å². The average Bonchev–Trinajstić information content (AvgIpc) is 2.91. The molecule has 122 valence electrons. The van der Waals surface area contributed by atoms with Crippen molar-refractivity contribution in [2.45, 2.75) is 32.2 Å². The normalized spacial score (nSPS) is 13.6. The van der Waals surface area contributed by atoms with Crippen LogP contribution in [0.4, 0.5) is 4.79 Å². The molecule has 1 aromatic carbocycles. The van der Waals surface area contributed by atoms with Crippen LogP contribution in [0.2, 0.25) is 0 Å². The molecule has 6 heteroatoms. The molecular formula is C17H21N3O3. The molecule has 1 amide bonds. The van der Waals surface area contributed by atoms with Gasteiger partial charge in [0, 0.05) is 26.1 Å². The van der Waals surface area contributed by atoms with Gasteiger partial charge in [0.2, 0.25) is 0 Å². The molecule has 0 saturated carbocycles. The number of carbonyl (C=O) groups is 1. The fourth-order valence-electron chi connectivity index (χ4n) is 2.81. The molecule has 2 N–H and O–H groups in total. The molecular weight excluding hydrogens is 294 g/mol. The quantitative estimate of drug-likeness (QED) is 0.823. The summed E-state index contributed by atoms with van der Waals surface area (Å²) in [5, 5.41) is 5.94. The number of carbonyl (C=O) groups excluding carboxylic acids is 1. The first-order chi connectivity index (χ1) is 11.3. The first kappa shape index (κ1) is 15.6. The second kappa shape index (κ2) is 7.28. The number of amides is 1. The van der Waals surface area contributed by atoms with Crippen LogP contribution in [-0.2, 0) is 19.4 Å². The summed E-state index contributed by atoms with van der Waals surface area (Å²) in [6, 6.07) is 9.86. The Morgan fingerprint density at radius 1 is 1.26 bits per heavy atom. The third kappa shape index (κ3) is 3.71. The van der Waals surface area contributed by atoms with Gasteiger partial charge in [-0.25, -0.2) is 9.59 Å². The van der Waals surface area contributed by atoms with Crippen molar-refractivity contribution in [1.82, 2.24) is 15.2 Å². The van der Waals surface area contributed by atoms with E-state index in [-0.39, 0.29) is 0 Å². The number of benzene rings is 1. The van der Waals surface area contributed by atoms with Crippen molar-refractivity contribution < 1.29 is 9.21 Å². The number of unbranched alkanes of at least 4 members (excludes halogenated alkanes) is 1. The number of oxazole rings is 1. The molecule has 1 aliphatic rings. The van der Waals surface area contributed by atoms with E-state index in [1.54, 1.807) is 0 Å². The van der Waals surface area contributed by atoms with E-state index in [9.17, 15) is 9.59 Å². The number of aryl methyl sites for hydroxylation is 1. The van der Waals surface area contributed by atoms with Crippen LogP contribution in [0.25, 0.3) is 0 Å². The lowest BCUT2D eigenvalue weighted by atomic mass is 10.1. The maximum Gasteiger partial charge on any atom is 0.427 e. The Bertz CT molecular complexity index is 718. The number of fused-ring (bicyclic) bond motifs is 1. The lowest BCUT2D eigenvalue weighted by Gasteiger charge is -2.13. The lowest BCUT2D eigenvalue weighted by molar-refractivity contribution is 0.239. The summed E-state index contributed by atoms with van der Waals surface area (Å²) in [6.45, 7) is 1.80. The lowest BCUT2D eigenvalue weighted by Crippen LogP contribution is -2.37. The zero-order chi connectivity index (χ0) is 16.1. The van der Waals surface area contributed by atoms with E-state index >= 15 is 0 Å². The molecule has 23 heavy (non-hydrogen) atoms. The summed E-state index contributed by atoms with van der Waals surface area (Å²) >= 11 is 0. The average molecular weight is 315 g/mol. The van der Waals surface area contributed by atoms with E-state index < -0.39 is 11.8 Å². The largest absolute Gasteiger partial charge is 0.427 e. The fraction of sp³-hybridized carbons (Fsp3) is 0.412. The van der Waals surface area contributed by atoms with Crippen LogP contribution in [0.3, 0.4) is 0 Å².